The fourth-order valence-corrected chi connectivity index (χ4v) is 6.33. The van der Waals surface area contributed by atoms with Crippen molar-refractivity contribution in [2.75, 3.05) is 5.75 Å². The van der Waals surface area contributed by atoms with Crippen LogP contribution in [0.25, 0.3) is 0 Å². The van der Waals surface area contributed by atoms with Crippen LogP contribution in [0.2, 0.25) is 0 Å². The highest BCUT2D eigenvalue weighted by Gasteiger charge is 2.48. The van der Waals surface area contributed by atoms with Crippen LogP contribution in [0.15, 0.2) is 28.2 Å². The van der Waals surface area contributed by atoms with Crippen molar-refractivity contribution < 1.29 is 14.3 Å². The Balaban J connectivity index is 1.42. The lowest BCUT2D eigenvalue weighted by molar-refractivity contribution is 0.0941. The molecule has 6 rings (SSSR count). The first kappa shape index (κ1) is 24.4. The number of aromatic hydroxyl groups is 1. The molecular formula is C24H28FN7O3S. The summed E-state index contributed by atoms with van der Waals surface area (Å²) < 4.78 is 16.7. The maximum absolute atomic E-state index is 13.5. The first-order chi connectivity index (χ1) is 17.1. The van der Waals surface area contributed by atoms with E-state index in [-0.39, 0.29) is 28.9 Å². The zero-order chi connectivity index (χ0) is 25.7. The summed E-state index contributed by atoms with van der Waals surface area (Å²) in [4.78, 5) is 30.9. The van der Waals surface area contributed by atoms with E-state index in [1.807, 2.05) is 0 Å². The molecule has 1 amide bonds. The van der Waals surface area contributed by atoms with Gasteiger partial charge in [-0.25, -0.2) is 14.1 Å². The van der Waals surface area contributed by atoms with E-state index in [1.54, 1.807) is 47.1 Å². The number of amides is 1. The number of nitrogens with zero attached hydrogens (tertiary/aromatic N) is 6. The van der Waals surface area contributed by atoms with Gasteiger partial charge in [-0.3, -0.25) is 14.2 Å². The number of thioether (sulfide) groups is 1. The highest BCUT2D eigenvalue weighted by molar-refractivity contribution is 7.99. The van der Waals surface area contributed by atoms with E-state index in [1.165, 1.54) is 6.07 Å². The lowest BCUT2D eigenvalue weighted by atomic mass is 9.66. The quantitative estimate of drug-likeness (QED) is 0.481. The molecule has 1 aromatic carbocycles. The zero-order valence-electron chi connectivity index (χ0n) is 20.4. The Morgan fingerprint density at radius 3 is 2.69 bits per heavy atom. The fraction of sp³-hybridized carbons (Fsp3) is 0.500. The molecule has 0 saturated heterocycles. The summed E-state index contributed by atoms with van der Waals surface area (Å²) in [5.41, 5.74) is -0.261. The number of hydrogen-bond acceptors (Lipinski definition) is 8. The van der Waals surface area contributed by atoms with Crippen molar-refractivity contribution in [2.24, 2.45) is 12.5 Å². The van der Waals surface area contributed by atoms with E-state index >= 15 is 0 Å². The number of aryl methyl sites for hydroxylation is 2. The molecule has 0 radical (unpaired) electrons. The van der Waals surface area contributed by atoms with E-state index < -0.39 is 17.2 Å². The maximum Gasteiger partial charge on any atom is 0.296 e. The molecular weight excluding hydrogens is 485 g/mol. The zero-order valence-corrected chi connectivity index (χ0v) is 21.2. The van der Waals surface area contributed by atoms with Crippen molar-refractivity contribution in [3.63, 3.8) is 0 Å². The number of fused-ring (bicyclic) bond motifs is 2. The number of halogens is 1. The van der Waals surface area contributed by atoms with Crippen molar-refractivity contribution >= 4 is 17.7 Å². The number of rotatable bonds is 6. The second kappa shape index (κ2) is 8.99. The van der Waals surface area contributed by atoms with Crippen LogP contribution >= 0.6 is 11.8 Å². The monoisotopic (exact) mass is 513 g/mol. The van der Waals surface area contributed by atoms with Gasteiger partial charge >= 0.3 is 0 Å². The number of nitrogens with one attached hydrogen (secondary N) is 1. The van der Waals surface area contributed by atoms with Gasteiger partial charge in [0.1, 0.15) is 11.6 Å². The van der Waals surface area contributed by atoms with Gasteiger partial charge in [0.2, 0.25) is 10.9 Å². The predicted octanol–water partition coefficient (Wildman–Crippen LogP) is 2.47. The van der Waals surface area contributed by atoms with Crippen molar-refractivity contribution in [1.29, 1.82) is 0 Å². The third-order valence-electron chi connectivity index (χ3n) is 7.57. The number of tetrazole rings is 1. The molecule has 1 fully saturated rings. The van der Waals surface area contributed by atoms with Crippen LogP contribution in [0.4, 0.5) is 4.39 Å². The van der Waals surface area contributed by atoms with Crippen LogP contribution in [0.5, 0.6) is 5.75 Å². The smallest absolute Gasteiger partial charge is 0.296 e. The van der Waals surface area contributed by atoms with Crippen molar-refractivity contribution in [2.45, 2.75) is 63.2 Å². The highest BCUT2D eigenvalue weighted by atomic mass is 32.2. The Hall–Kier alpha value is -3.28. The Labute approximate surface area is 211 Å². The summed E-state index contributed by atoms with van der Waals surface area (Å²) in [6, 6.07) is 4.56. The summed E-state index contributed by atoms with van der Waals surface area (Å²) in [6.45, 7) is 4.24. The number of benzene rings is 1. The first-order valence-electron chi connectivity index (χ1n) is 11.8. The molecule has 2 N–H and O–H groups in total. The summed E-state index contributed by atoms with van der Waals surface area (Å²) in [5.74, 6) is -0.355. The number of carbonyl (C=O) groups excluding carboxylic acids is 1. The molecule has 0 atom stereocenters. The molecule has 2 aromatic heterocycles. The SMILES string of the molecule is Cc1cc(CNC(=O)c2nc3n(c(=O)c2O)CC2(CSc4nnnn4C)CCC3(C)CC2)ccc1F. The second-order valence-electron chi connectivity index (χ2n) is 10.2. The average molecular weight is 514 g/mol. The topological polar surface area (TPSA) is 128 Å². The molecule has 36 heavy (non-hydrogen) atoms. The van der Waals surface area contributed by atoms with Crippen LogP contribution < -0.4 is 10.9 Å². The molecule has 1 aliphatic carbocycles. The molecule has 3 aliphatic rings. The van der Waals surface area contributed by atoms with E-state index in [9.17, 15) is 19.1 Å². The number of aromatic nitrogens is 6. The molecule has 2 bridgehead atoms. The summed E-state index contributed by atoms with van der Waals surface area (Å²) in [5, 5.41) is 25.8. The Morgan fingerprint density at radius 1 is 1.28 bits per heavy atom. The maximum atomic E-state index is 13.5. The van der Waals surface area contributed by atoms with Gasteiger partial charge in [0.15, 0.2) is 5.69 Å². The third-order valence-corrected chi connectivity index (χ3v) is 8.93. The normalized spacial score (nSPS) is 22.8. The van der Waals surface area contributed by atoms with Gasteiger partial charge in [0.05, 0.1) is 0 Å². The van der Waals surface area contributed by atoms with Crippen LogP contribution in [-0.2, 0) is 25.6 Å². The van der Waals surface area contributed by atoms with Crippen molar-refractivity contribution in [1.82, 2.24) is 35.1 Å². The largest absolute Gasteiger partial charge is 0.501 e. The lowest BCUT2D eigenvalue weighted by Crippen LogP contribution is -2.35. The van der Waals surface area contributed by atoms with Gasteiger partial charge in [0, 0.05) is 31.3 Å². The summed E-state index contributed by atoms with van der Waals surface area (Å²) in [7, 11) is 1.79. The van der Waals surface area contributed by atoms with Crippen molar-refractivity contribution in [3.05, 3.63) is 57.0 Å². The lowest BCUT2D eigenvalue weighted by Gasteiger charge is -2.39. The number of carbonyl (C=O) groups is 1. The standard InChI is InChI=1S/C24H28FN7O3S/c1-14-10-15(4-5-16(14)25)11-26-19(34)17-18(33)20(35)32-12-24(13-36-22-28-29-30-31(22)3)8-6-23(2,7-9-24)21(32)27-17/h4-5,10,33H,6-9,11-13H2,1-3H3,(H,26,34). The highest BCUT2D eigenvalue weighted by Crippen LogP contribution is 2.52. The molecule has 0 unspecified atom stereocenters. The van der Waals surface area contributed by atoms with Gasteiger partial charge in [-0.1, -0.05) is 30.8 Å². The van der Waals surface area contributed by atoms with E-state index in [0.717, 1.165) is 31.4 Å². The minimum Gasteiger partial charge on any atom is -0.501 e. The molecule has 12 heteroatoms. The van der Waals surface area contributed by atoms with Gasteiger partial charge in [0.25, 0.3) is 11.5 Å². The van der Waals surface area contributed by atoms with Gasteiger partial charge in [-0.15, -0.1) is 5.10 Å². The summed E-state index contributed by atoms with van der Waals surface area (Å²) in [6.07, 6.45) is 3.41. The predicted molar refractivity (Wildman–Crippen MR) is 130 cm³/mol. The molecule has 1 saturated carbocycles. The Bertz CT molecular complexity index is 1390. The van der Waals surface area contributed by atoms with E-state index in [0.29, 0.717) is 28.7 Å². The van der Waals surface area contributed by atoms with Gasteiger partial charge in [-0.05, 0) is 65.6 Å². The van der Waals surface area contributed by atoms with Crippen LogP contribution in [0.1, 0.15) is 60.0 Å². The molecule has 190 valence electrons. The molecule has 3 aromatic rings. The molecule has 0 spiro atoms. The van der Waals surface area contributed by atoms with Gasteiger partial charge in [-0.2, -0.15) is 0 Å². The van der Waals surface area contributed by atoms with E-state index in [4.69, 9.17) is 0 Å². The second-order valence-corrected chi connectivity index (χ2v) is 11.2. The minimum atomic E-state index is -0.656. The Morgan fingerprint density at radius 2 is 2.03 bits per heavy atom. The molecule has 2 aliphatic heterocycles. The fourth-order valence-electron chi connectivity index (χ4n) is 5.19. The van der Waals surface area contributed by atoms with Crippen LogP contribution in [0, 0.1) is 18.2 Å². The minimum absolute atomic E-state index is 0.119. The first-order valence-corrected chi connectivity index (χ1v) is 12.8. The molecule has 4 heterocycles. The van der Waals surface area contributed by atoms with E-state index in [2.05, 4.69) is 32.7 Å². The number of hydrogen-bond donors (Lipinski definition) is 2. The van der Waals surface area contributed by atoms with Crippen LogP contribution in [-0.4, -0.2) is 46.5 Å². The van der Waals surface area contributed by atoms with Crippen molar-refractivity contribution in [3.8, 4) is 5.75 Å². The van der Waals surface area contributed by atoms with Gasteiger partial charge < -0.3 is 10.4 Å². The molecule has 10 nitrogen and oxygen atoms in total. The summed E-state index contributed by atoms with van der Waals surface area (Å²) >= 11 is 1.56. The van der Waals surface area contributed by atoms with Crippen LogP contribution in [0.3, 0.4) is 0 Å². The average Bonchev–Trinajstić information content (AvgIpc) is 3.17. The third kappa shape index (κ3) is 4.27. The Kier molecular flexibility index (Phi) is 6.09.